The molecule has 5 aromatic rings. The Balaban J connectivity index is 1.56. The van der Waals surface area contributed by atoms with Gasteiger partial charge in [-0.3, -0.25) is 10.1 Å². The first kappa shape index (κ1) is 20.2. The molecule has 0 aliphatic rings. The number of H-pyrrole nitrogens is 1. The molecular formula is C27H19N3O3. The molecule has 0 spiro atoms. The number of hydrogen-bond donors (Lipinski definition) is 2. The summed E-state index contributed by atoms with van der Waals surface area (Å²) in [6, 6.07) is 31.4. The van der Waals surface area contributed by atoms with Crippen LogP contribution in [-0.2, 0) is 0 Å². The second-order valence-electron chi connectivity index (χ2n) is 7.61. The summed E-state index contributed by atoms with van der Waals surface area (Å²) >= 11 is 0. The van der Waals surface area contributed by atoms with E-state index in [1.54, 1.807) is 30.3 Å². The van der Waals surface area contributed by atoms with Crippen LogP contribution in [0.25, 0.3) is 45.0 Å². The van der Waals surface area contributed by atoms with E-state index in [2.05, 4.69) is 4.98 Å². The van der Waals surface area contributed by atoms with E-state index in [0.29, 0.717) is 5.82 Å². The number of aromatic amines is 1. The molecule has 5 rings (SSSR count). The number of aromatic hydroxyl groups is 1. The molecule has 6 heteroatoms. The molecule has 0 unspecified atom stereocenters. The van der Waals surface area contributed by atoms with Crippen LogP contribution in [-0.4, -0.2) is 20.0 Å². The summed E-state index contributed by atoms with van der Waals surface area (Å²) in [6.07, 6.45) is 0. The van der Waals surface area contributed by atoms with Gasteiger partial charge in [-0.1, -0.05) is 66.7 Å². The standard InChI is InChI=1S/C27H19N3O3/c31-24-8-4-7-22(17-24)27-28-25(20-5-2-1-3-6-20)26(29-27)21-11-9-18(10-12-21)19-13-15-23(16-14-19)30(32)33/h1-17,31H,(H,28,29). The third-order valence-electron chi connectivity index (χ3n) is 5.46. The predicted molar refractivity (Wildman–Crippen MR) is 129 cm³/mol. The SMILES string of the molecule is O=[N+]([O-])c1ccc(-c2ccc(-c3[nH]c(-c4cccc(O)c4)nc3-c3ccccc3)cc2)cc1. The molecule has 0 saturated carbocycles. The number of hydrogen-bond acceptors (Lipinski definition) is 4. The maximum Gasteiger partial charge on any atom is 0.269 e. The summed E-state index contributed by atoms with van der Waals surface area (Å²) in [6.45, 7) is 0. The number of phenolic OH excluding ortho intramolecular Hbond substituents is 1. The van der Waals surface area contributed by atoms with Crippen molar-refractivity contribution < 1.29 is 10.0 Å². The number of benzene rings is 4. The van der Waals surface area contributed by atoms with E-state index < -0.39 is 4.92 Å². The molecule has 33 heavy (non-hydrogen) atoms. The van der Waals surface area contributed by atoms with Gasteiger partial charge in [0.2, 0.25) is 0 Å². The van der Waals surface area contributed by atoms with Crippen molar-refractivity contribution in [3.63, 3.8) is 0 Å². The smallest absolute Gasteiger partial charge is 0.269 e. The first-order valence-electron chi connectivity index (χ1n) is 10.4. The summed E-state index contributed by atoms with van der Waals surface area (Å²) in [5.41, 5.74) is 6.35. The molecule has 0 atom stereocenters. The maximum absolute atomic E-state index is 10.9. The summed E-state index contributed by atoms with van der Waals surface area (Å²) < 4.78 is 0. The lowest BCUT2D eigenvalue weighted by atomic mass is 10.0. The summed E-state index contributed by atoms with van der Waals surface area (Å²) in [4.78, 5) is 18.8. The molecule has 1 aromatic heterocycles. The fourth-order valence-electron chi connectivity index (χ4n) is 3.78. The molecule has 160 valence electrons. The van der Waals surface area contributed by atoms with Gasteiger partial charge >= 0.3 is 0 Å². The van der Waals surface area contributed by atoms with Crippen molar-refractivity contribution in [3.05, 3.63) is 113 Å². The van der Waals surface area contributed by atoms with Gasteiger partial charge in [-0.15, -0.1) is 0 Å². The van der Waals surface area contributed by atoms with E-state index in [0.717, 1.165) is 39.2 Å². The second-order valence-corrected chi connectivity index (χ2v) is 7.61. The molecule has 0 saturated heterocycles. The van der Waals surface area contributed by atoms with Gasteiger partial charge in [0.1, 0.15) is 11.6 Å². The zero-order chi connectivity index (χ0) is 22.8. The maximum atomic E-state index is 10.9. The molecule has 1 heterocycles. The van der Waals surface area contributed by atoms with Crippen LogP contribution in [0.5, 0.6) is 5.75 Å². The molecule has 0 radical (unpaired) electrons. The molecule has 4 aromatic carbocycles. The minimum Gasteiger partial charge on any atom is -0.508 e. The van der Waals surface area contributed by atoms with E-state index in [9.17, 15) is 15.2 Å². The Morgan fingerprint density at radius 3 is 1.94 bits per heavy atom. The molecule has 6 nitrogen and oxygen atoms in total. The van der Waals surface area contributed by atoms with Crippen LogP contribution in [0.3, 0.4) is 0 Å². The highest BCUT2D eigenvalue weighted by Crippen LogP contribution is 2.34. The van der Waals surface area contributed by atoms with Crippen LogP contribution in [0.15, 0.2) is 103 Å². The van der Waals surface area contributed by atoms with E-state index in [1.807, 2.05) is 60.7 Å². The number of nitro benzene ring substituents is 1. The van der Waals surface area contributed by atoms with Gasteiger partial charge in [-0.05, 0) is 35.4 Å². The fourth-order valence-corrected chi connectivity index (χ4v) is 3.78. The van der Waals surface area contributed by atoms with Crippen molar-refractivity contribution in [1.29, 1.82) is 0 Å². The number of non-ortho nitro benzene ring substituents is 1. The average Bonchev–Trinajstić information content (AvgIpc) is 3.30. The van der Waals surface area contributed by atoms with Crippen molar-refractivity contribution >= 4 is 5.69 Å². The zero-order valence-electron chi connectivity index (χ0n) is 17.5. The monoisotopic (exact) mass is 433 g/mol. The lowest BCUT2D eigenvalue weighted by Crippen LogP contribution is -1.87. The third kappa shape index (κ3) is 4.09. The normalized spacial score (nSPS) is 10.8. The molecular weight excluding hydrogens is 414 g/mol. The number of rotatable bonds is 5. The van der Waals surface area contributed by atoms with E-state index in [1.165, 1.54) is 12.1 Å². The van der Waals surface area contributed by atoms with Crippen LogP contribution < -0.4 is 0 Å². The Labute approximate surface area is 190 Å². The van der Waals surface area contributed by atoms with Crippen molar-refractivity contribution in [2.45, 2.75) is 0 Å². The minimum absolute atomic E-state index is 0.0693. The lowest BCUT2D eigenvalue weighted by molar-refractivity contribution is -0.384. The van der Waals surface area contributed by atoms with Gasteiger partial charge in [-0.25, -0.2) is 4.98 Å². The van der Waals surface area contributed by atoms with E-state index >= 15 is 0 Å². The number of nitrogens with one attached hydrogen (secondary N) is 1. The highest BCUT2D eigenvalue weighted by atomic mass is 16.6. The summed E-state index contributed by atoms with van der Waals surface area (Å²) in [5, 5.41) is 20.8. The average molecular weight is 433 g/mol. The first-order chi connectivity index (χ1) is 16.1. The van der Waals surface area contributed by atoms with E-state index in [-0.39, 0.29) is 11.4 Å². The minimum atomic E-state index is -0.402. The molecule has 0 aliphatic carbocycles. The molecule has 0 aliphatic heterocycles. The van der Waals surface area contributed by atoms with Gasteiger partial charge in [0.05, 0.1) is 16.3 Å². The van der Waals surface area contributed by atoms with Gasteiger partial charge in [0, 0.05) is 28.8 Å². The van der Waals surface area contributed by atoms with Crippen molar-refractivity contribution in [2.24, 2.45) is 0 Å². The van der Waals surface area contributed by atoms with Gasteiger partial charge in [-0.2, -0.15) is 0 Å². The topological polar surface area (TPSA) is 92.0 Å². The Morgan fingerprint density at radius 1 is 0.697 bits per heavy atom. The Morgan fingerprint density at radius 2 is 1.30 bits per heavy atom. The fraction of sp³-hybridized carbons (Fsp3) is 0. The van der Waals surface area contributed by atoms with Crippen LogP contribution in [0.4, 0.5) is 5.69 Å². The number of nitrogens with zero attached hydrogens (tertiary/aromatic N) is 2. The number of phenols is 1. The van der Waals surface area contributed by atoms with Crippen molar-refractivity contribution in [3.8, 4) is 50.8 Å². The zero-order valence-corrected chi connectivity index (χ0v) is 17.5. The third-order valence-corrected chi connectivity index (χ3v) is 5.46. The Kier molecular flexibility index (Phi) is 5.16. The van der Waals surface area contributed by atoms with E-state index in [4.69, 9.17) is 4.98 Å². The molecule has 2 N–H and O–H groups in total. The number of aromatic nitrogens is 2. The van der Waals surface area contributed by atoms with Crippen LogP contribution in [0, 0.1) is 10.1 Å². The van der Waals surface area contributed by atoms with Gasteiger partial charge in [0.25, 0.3) is 5.69 Å². The Hall–Kier alpha value is -4.71. The largest absolute Gasteiger partial charge is 0.508 e. The van der Waals surface area contributed by atoms with Gasteiger partial charge < -0.3 is 10.1 Å². The lowest BCUT2D eigenvalue weighted by Gasteiger charge is -2.06. The number of imidazole rings is 1. The van der Waals surface area contributed by atoms with Crippen molar-refractivity contribution in [2.75, 3.05) is 0 Å². The van der Waals surface area contributed by atoms with Crippen LogP contribution >= 0.6 is 0 Å². The highest BCUT2D eigenvalue weighted by Gasteiger charge is 2.16. The summed E-state index contributed by atoms with van der Waals surface area (Å²) in [5.74, 6) is 0.846. The molecule has 0 amide bonds. The summed E-state index contributed by atoms with van der Waals surface area (Å²) in [7, 11) is 0. The highest BCUT2D eigenvalue weighted by molar-refractivity contribution is 5.82. The van der Waals surface area contributed by atoms with Crippen LogP contribution in [0.2, 0.25) is 0 Å². The predicted octanol–water partition coefficient (Wildman–Crippen LogP) is 6.69. The first-order valence-corrected chi connectivity index (χ1v) is 10.4. The quantitative estimate of drug-likeness (QED) is 0.238. The Bertz CT molecular complexity index is 1420. The van der Waals surface area contributed by atoms with Gasteiger partial charge in [0.15, 0.2) is 0 Å². The number of nitro groups is 1. The molecule has 0 fully saturated rings. The van der Waals surface area contributed by atoms with Crippen LogP contribution in [0.1, 0.15) is 0 Å². The second kappa shape index (κ2) is 8.43. The molecule has 0 bridgehead atoms. The van der Waals surface area contributed by atoms with Crippen molar-refractivity contribution in [1.82, 2.24) is 9.97 Å².